The zero-order valence-electron chi connectivity index (χ0n) is 8.90. The molecule has 1 aromatic carbocycles. The molecule has 0 amide bonds. The highest BCUT2D eigenvalue weighted by atomic mass is 16.4. The minimum absolute atomic E-state index is 0.288. The van der Waals surface area contributed by atoms with E-state index in [-0.39, 0.29) is 6.04 Å². The van der Waals surface area contributed by atoms with Crippen molar-refractivity contribution in [2.75, 3.05) is 0 Å². The van der Waals surface area contributed by atoms with Crippen LogP contribution >= 0.6 is 0 Å². The van der Waals surface area contributed by atoms with Crippen LogP contribution in [0.3, 0.4) is 0 Å². The van der Waals surface area contributed by atoms with Gasteiger partial charge in [-0.1, -0.05) is 30.3 Å². The number of carbonyl (C=O) groups is 1. The lowest BCUT2D eigenvalue weighted by Gasteiger charge is -2.13. The molecule has 0 aliphatic carbocycles. The molecule has 3 heteroatoms. The van der Waals surface area contributed by atoms with E-state index in [9.17, 15) is 4.79 Å². The van der Waals surface area contributed by atoms with Gasteiger partial charge in [0.2, 0.25) is 0 Å². The monoisotopic (exact) mass is 205 g/mol. The highest BCUT2D eigenvalue weighted by Crippen LogP contribution is 2.21. The van der Waals surface area contributed by atoms with Gasteiger partial charge in [-0.05, 0) is 25.0 Å². The van der Waals surface area contributed by atoms with E-state index in [1.54, 1.807) is 13.8 Å². The molecule has 0 radical (unpaired) electrons. The summed E-state index contributed by atoms with van der Waals surface area (Å²) < 4.78 is 0. The minimum atomic E-state index is -0.925. The summed E-state index contributed by atoms with van der Waals surface area (Å²) in [4.78, 5) is 10.9. The third-order valence-electron chi connectivity index (χ3n) is 2.26. The number of aliphatic carboxylic acids is 1. The summed E-state index contributed by atoms with van der Waals surface area (Å²) in [5.41, 5.74) is 7.64. The number of carboxylic acids is 1. The van der Waals surface area contributed by atoms with Crippen LogP contribution in [0, 0.1) is 0 Å². The van der Waals surface area contributed by atoms with E-state index in [4.69, 9.17) is 10.8 Å². The Hall–Kier alpha value is -1.61. The summed E-state index contributed by atoms with van der Waals surface area (Å²) in [5.74, 6) is -0.925. The first-order valence-electron chi connectivity index (χ1n) is 4.79. The average molecular weight is 205 g/mol. The molecule has 0 heterocycles. The number of hydrogen-bond acceptors (Lipinski definition) is 2. The normalized spacial score (nSPS) is 14.3. The summed E-state index contributed by atoms with van der Waals surface area (Å²) in [6.45, 7) is 3.36. The standard InChI is InChI=1S/C12H15NO2/c1-8(12(14)15)11(9(2)13)10-6-4-3-5-7-10/h3-7,9H,13H2,1-2H3,(H,14,15). The Kier molecular flexibility index (Phi) is 3.63. The first-order valence-corrected chi connectivity index (χ1v) is 4.79. The summed E-state index contributed by atoms with van der Waals surface area (Å²) in [7, 11) is 0. The Morgan fingerprint density at radius 3 is 2.27 bits per heavy atom. The molecule has 0 aliphatic heterocycles. The Labute approximate surface area is 89.2 Å². The second-order valence-corrected chi connectivity index (χ2v) is 3.50. The fourth-order valence-electron chi connectivity index (χ4n) is 1.55. The lowest BCUT2D eigenvalue weighted by atomic mass is 9.95. The topological polar surface area (TPSA) is 63.3 Å². The highest BCUT2D eigenvalue weighted by Gasteiger charge is 2.14. The van der Waals surface area contributed by atoms with Gasteiger partial charge in [0.25, 0.3) is 0 Å². The summed E-state index contributed by atoms with van der Waals surface area (Å²) >= 11 is 0. The van der Waals surface area contributed by atoms with Crippen molar-refractivity contribution in [3.8, 4) is 0 Å². The van der Waals surface area contributed by atoms with Gasteiger partial charge in [-0.15, -0.1) is 0 Å². The molecular formula is C12H15NO2. The second kappa shape index (κ2) is 4.75. The zero-order chi connectivity index (χ0) is 11.4. The molecule has 1 aromatic rings. The molecule has 0 saturated heterocycles. The zero-order valence-corrected chi connectivity index (χ0v) is 8.90. The molecule has 3 N–H and O–H groups in total. The van der Waals surface area contributed by atoms with Gasteiger partial charge in [0.15, 0.2) is 0 Å². The van der Waals surface area contributed by atoms with Crippen molar-refractivity contribution in [3.05, 3.63) is 41.5 Å². The molecule has 0 bridgehead atoms. The Morgan fingerprint density at radius 1 is 1.33 bits per heavy atom. The van der Waals surface area contributed by atoms with Crippen LogP contribution in [0.1, 0.15) is 19.4 Å². The van der Waals surface area contributed by atoms with Crippen molar-refractivity contribution < 1.29 is 9.90 Å². The quantitative estimate of drug-likeness (QED) is 0.741. The Morgan fingerprint density at radius 2 is 1.87 bits per heavy atom. The van der Waals surface area contributed by atoms with Gasteiger partial charge in [0.05, 0.1) is 0 Å². The smallest absolute Gasteiger partial charge is 0.331 e. The molecular weight excluding hydrogens is 190 g/mol. The molecule has 0 aliphatic rings. The van der Waals surface area contributed by atoms with Gasteiger partial charge >= 0.3 is 5.97 Å². The van der Waals surface area contributed by atoms with E-state index in [1.165, 1.54) is 0 Å². The predicted molar refractivity (Wildman–Crippen MR) is 60.3 cm³/mol. The Bertz CT molecular complexity index is 380. The van der Waals surface area contributed by atoms with E-state index < -0.39 is 5.97 Å². The lowest BCUT2D eigenvalue weighted by molar-refractivity contribution is -0.132. The fourth-order valence-corrected chi connectivity index (χ4v) is 1.55. The molecule has 1 atom stereocenters. The number of nitrogens with two attached hydrogens (primary N) is 1. The maximum Gasteiger partial charge on any atom is 0.331 e. The van der Waals surface area contributed by atoms with E-state index in [0.717, 1.165) is 5.56 Å². The van der Waals surface area contributed by atoms with Crippen molar-refractivity contribution in [2.24, 2.45) is 5.73 Å². The van der Waals surface area contributed by atoms with E-state index in [0.29, 0.717) is 11.1 Å². The average Bonchev–Trinajstić information content (AvgIpc) is 2.18. The maximum absolute atomic E-state index is 10.9. The summed E-state index contributed by atoms with van der Waals surface area (Å²) in [6, 6.07) is 9.07. The number of rotatable bonds is 3. The molecule has 80 valence electrons. The van der Waals surface area contributed by atoms with Gasteiger partial charge in [0, 0.05) is 11.6 Å². The first-order chi connectivity index (χ1) is 7.04. The van der Waals surface area contributed by atoms with Crippen molar-refractivity contribution in [3.63, 3.8) is 0 Å². The number of hydrogen-bond donors (Lipinski definition) is 2. The van der Waals surface area contributed by atoms with Crippen LogP contribution in [0.4, 0.5) is 0 Å². The molecule has 0 saturated carbocycles. The SMILES string of the molecule is CC(C(=O)O)=C(c1ccccc1)C(C)N. The number of carboxylic acid groups (broad SMARTS) is 1. The van der Waals surface area contributed by atoms with Gasteiger partial charge in [-0.25, -0.2) is 4.79 Å². The van der Waals surface area contributed by atoms with Crippen LogP contribution in [0.5, 0.6) is 0 Å². The van der Waals surface area contributed by atoms with Crippen LogP contribution in [0.25, 0.3) is 5.57 Å². The third-order valence-corrected chi connectivity index (χ3v) is 2.26. The van der Waals surface area contributed by atoms with Crippen LogP contribution in [0.2, 0.25) is 0 Å². The minimum Gasteiger partial charge on any atom is -0.478 e. The lowest BCUT2D eigenvalue weighted by Crippen LogP contribution is -2.20. The van der Waals surface area contributed by atoms with Crippen molar-refractivity contribution in [1.29, 1.82) is 0 Å². The van der Waals surface area contributed by atoms with Crippen LogP contribution in [0.15, 0.2) is 35.9 Å². The fraction of sp³-hybridized carbons (Fsp3) is 0.250. The van der Waals surface area contributed by atoms with Crippen molar-refractivity contribution in [2.45, 2.75) is 19.9 Å². The predicted octanol–water partition coefficient (Wildman–Crippen LogP) is 1.89. The van der Waals surface area contributed by atoms with E-state index in [2.05, 4.69) is 0 Å². The molecule has 15 heavy (non-hydrogen) atoms. The Balaban J connectivity index is 3.27. The van der Waals surface area contributed by atoms with Crippen LogP contribution in [-0.2, 0) is 4.79 Å². The van der Waals surface area contributed by atoms with Gasteiger partial charge in [-0.2, -0.15) is 0 Å². The van der Waals surface area contributed by atoms with E-state index in [1.807, 2.05) is 30.3 Å². The van der Waals surface area contributed by atoms with Gasteiger partial charge in [-0.3, -0.25) is 0 Å². The molecule has 0 aromatic heterocycles. The maximum atomic E-state index is 10.9. The van der Waals surface area contributed by atoms with Crippen molar-refractivity contribution in [1.82, 2.24) is 0 Å². The third kappa shape index (κ3) is 2.67. The summed E-state index contributed by atoms with van der Waals surface area (Å²) in [6.07, 6.45) is 0. The second-order valence-electron chi connectivity index (χ2n) is 3.50. The largest absolute Gasteiger partial charge is 0.478 e. The highest BCUT2D eigenvalue weighted by molar-refractivity contribution is 5.96. The van der Waals surface area contributed by atoms with Gasteiger partial charge < -0.3 is 10.8 Å². The van der Waals surface area contributed by atoms with Crippen LogP contribution in [-0.4, -0.2) is 17.1 Å². The number of benzene rings is 1. The molecule has 3 nitrogen and oxygen atoms in total. The van der Waals surface area contributed by atoms with Gasteiger partial charge in [0.1, 0.15) is 0 Å². The van der Waals surface area contributed by atoms with Crippen LogP contribution < -0.4 is 5.73 Å². The molecule has 0 fully saturated rings. The van der Waals surface area contributed by atoms with E-state index >= 15 is 0 Å². The van der Waals surface area contributed by atoms with Crippen molar-refractivity contribution >= 4 is 11.5 Å². The molecule has 1 rings (SSSR count). The molecule has 0 spiro atoms. The summed E-state index contributed by atoms with van der Waals surface area (Å²) in [5, 5.41) is 8.95. The molecule has 1 unspecified atom stereocenters. The first kappa shape index (κ1) is 11.5.